The van der Waals surface area contributed by atoms with Crippen LogP contribution in [0.5, 0.6) is 0 Å². The van der Waals surface area contributed by atoms with Gasteiger partial charge in [-0.05, 0) is 23.7 Å². The minimum Gasteiger partial charge on any atom is -0.329 e. The van der Waals surface area contributed by atoms with Gasteiger partial charge in [0.2, 0.25) is 5.28 Å². The Hall–Kier alpha value is -1.60. The molecule has 0 aliphatic heterocycles. The molecule has 0 saturated carbocycles. The van der Waals surface area contributed by atoms with E-state index in [9.17, 15) is 4.39 Å². The highest BCUT2D eigenvalue weighted by Crippen LogP contribution is 2.21. The SMILES string of the molecule is N#CCc1c(F)ccc2[nH]c(Cl)nc12. The highest BCUT2D eigenvalue weighted by molar-refractivity contribution is 6.29. The molecule has 5 heteroatoms. The first kappa shape index (κ1) is 8.97. The lowest BCUT2D eigenvalue weighted by Crippen LogP contribution is -1.90. The first-order chi connectivity index (χ1) is 6.72. The maximum Gasteiger partial charge on any atom is 0.201 e. The van der Waals surface area contributed by atoms with Gasteiger partial charge < -0.3 is 4.98 Å². The van der Waals surface area contributed by atoms with Crippen molar-refractivity contribution in [2.45, 2.75) is 6.42 Å². The van der Waals surface area contributed by atoms with Gasteiger partial charge in [0.15, 0.2) is 0 Å². The number of nitriles is 1. The van der Waals surface area contributed by atoms with E-state index >= 15 is 0 Å². The van der Waals surface area contributed by atoms with Crippen LogP contribution in [0.25, 0.3) is 11.0 Å². The average molecular weight is 210 g/mol. The fourth-order valence-corrected chi connectivity index (χ4v) is 1.51. The highest BCUT2D eigenvalue weighted by atomic mass is 35.5. The summed E-state index contributed by atoms with van der Waals surface area (Å²) >= 11 is 5.64. The van der Waals surface area contributed by atoms with E-state index in [0.717, 1.165) is 0 Å². The van der Waals surface area contributed by atoms with Crippen LogP contribution in [-0.4, -0.2) is 9.97 Å². The molecule has 1 heterocycles. The third-order valence-electron chi connectivity index (χ3n) is 1.93. The maximum absolute atomic E-state index is 13.3. The molecule has 1 N–H and O–H groups in total. The molecule has 0 amide bonds. The second-order valence-electron chi connectivity index (χ2n) is 2.78. The molecular formula is C9H5ClFN3. The Balaban J connectivity index is 2.76. The van der Waals surface area contributed by atoms with Crippen molar-refractivity contribution < 1.29 is 4.39 Å². The summed E-state index contributed by atoms with van der Waals surface area (Å²) in [5.74, 6) is -0.429. The van der Waals surface area contributed by atoms with Crippen LogP contribution < -0.4 is 0 Å². The molecule has 2 rings (SSSR count). The lowest BCUT2D eigenvalue weighted by atomic mass is 10.1. The molecule has 1 aromatic heterocycles. The smallest absolute Gasteiger partial charge is 0.201 e. The first-order valence-corrected chi connectivity index (χ1v) is 4.29. The van der Waals surface area contributed by atoms with Crippen LogP contribution in [0.4, 0.5) is 4.39 Å². The molecule has 0 spiro atoms. The van der Waals surface area contributed by atoms with Gasteiger partial charge >= 0.3 is 0 Å². The molecule has 2 aromatic rings. The maximum atomic E-state index is 13.3. The summed E-state index contributed by atoms with van der Waals surface area (Å²) in [7, 11) is 0. The van der Waals surface area contributed by atoms with Gasteiger partial charge in [0.25, 0.3) is 0 Å². The second kappa shape index (κ2) is 3.28. The van der Waals surface area contributed by atoms with Gasteiger partial charge in [0.1, 0.15) is 5.82 Å². The van der Waals surface area contributed by atoms with E-state index in [-0.39, 0.29) is 17.3 Å². The Kier molecular flexibility index (Phi) is 2.10. The number of imidazole rings is 1. The number of hydrogen-bond donors (Lipinski definition) is 1. The van der Waals surface area contributed by atoms with Crippen molar-refractivity contribution >= 4 is 22.6 Å². The Morgan fingerprint density at radius 3 is 3.07 bits per heavy atom. The van der Waals surface area contributed by atoms with E-state index in [1.54, 1.807) is 6.07 Å². The fraction of sp³-hybridized carbons (Fsp3) is 0.111. The summed E-state index contributed by atoms with van der Waals surface area (Å²) in [6, 6.07) is 4.73. The Bertz CT molecular complexity index is 527. The molecule has 0 saturated heterocycles. The number of fused-ring (bicyclic) bond motifs is 1. The number of H-pyrrole nitrogens is 1. The zero-order valence-corrected chi connectivity index (χ0v) is 7.77. The third kappa shape index (κ3) is 1.32. The van der Waals surface area contributed by atoms with Gasteiger partial charge in [-0.3, -0.25) is 0 Å². The Morgan fingerprint density at radius 2 is 2.36 bits per heavy atom. The van der Waals surface area contributed by atoms with E-state index in [0.29, 0.717) is 11.0 Å². The normalized spacial score (nSPS) is 10.4. The fourth-order valence-electron chi connectivity index (χ4n) is 1.32. The van der Waals surface area contributed by atoms with Crippen LogP contribution in [0.1, 0.15) is 5.56 Å². The predicted octanol–water partition coefficient (Wildman–Crippen LogP) is 2.42. The summed E-state index contributed by atoms with van der Waals surface area (Å²) in [5, 5.41) is 8.72. The van der Waals surface area contributed by atoms with Crippen molar-refractivity contribution in [3.8, 4) is 6.07 Å². The zero-order valence-electron chi connectivity index (χ0n) is 7.01. The van der Waals surface area contributed by atoms with Crippen molar-refractivity contribution in [3.05, 3.63) is 28.8 Å². The lowest BCUT2D eigenvalue weighted by Gasteiger charge is -1.97. The molecular weight excluding hydrogens is 205 g/mol. The van der Waals surface area contributed by atoms with Crippen LogP contribution in [0.3, 0.4) is 0 Å². The minimum atomic E-state index is -0.429. The van der Waals surface area contributed by atoms with E-state index in [1.807, 2.05) is 6.07 Å². The summed E-state index contributed by atoms with van der Waals surface area (Å²) in [6.07, 6.45) is -0.00957. The van der Waals surface area contributed by atoms with Gasteiger partial charge in [0, 0.05) is 5.56 Å². The molecule has 14 heavy (non-hydrogen) atoms. The quantitative estimate of drug-likeness (QED) is 0.784. The minimum absolute atomic E-state index is 0.00957. The summed E-state index contributed by atoms with van der Waals surface area (Å²) in [5.41, 5.74) is 1.35. The van der Waals surface area contributed by atoms with Crippen LogP contribution in [0, 0.1) is 17.1 Å². The molecule has 1 aromatic carbocycles. The number of hydrogen-bond acceptors (Lipinski definition) is 2. The van der Waals surface area contributed by atoms with Gasteiger partial charge in [-0.25, -0.2) is 9.37 Å². The second-order valence-corrected chi connectivity index (χ2v) is 3.14. The number of aromatic amines is 1. The van der Waals surface area contributed by atoms with Gasteiger partial charge in [0.05, 0.1) is 23.5 Å². The molecule has 0 aliphatic carbocycles. The van der Waals surface area contributed by atoms with Crippen LogP contribution >= 0.6 is 11.6 Å². The topological polar surface area (TPSA) is 52.5 Å². The molecule has 3 nitrogen and oxygen atoms in total. The first-order valence-electron chi connectivity index (χ1n) is 3.92. The number of nitrogens with one attached hydrogen (secondary N) is 1. The Morgan fingerprint density at radius 1 is 1.57 bits per heavy atom. The van der Waals surface area contributed by atoms with Gasteiger partial charge in [-0.15, -0.1) is 0 Å². The van der Waals surface area contributed by atoms with Gasteiger partial charge in [-0.1, -0.05) is 0 Å². The molecule has 0 atom stereocenters. The van der Waals surface area contributed by atoms with E-state index in [4.69, 9.17) is 16.9 Å². The zero-order chi connectivity index (χ0) is 10.1. The summed E-state index contributed by atoms with van der Waals surface area (Å²) in [6.45, 7) is 0. The van der Waals surface area contributed by atoms with Crippen LogP contribution in [0.15, 0.2) is 12.1 Å². The highest BCUT2D eigenvalue weighted by Gasteiger charge is 2.10. The molecule has 0 radical (unpaired) electrons. The van der Waals surface area contributed by atoms with Crippen LogP contribution in [0.2, 0.25) is 5.28 Å². The van der Waals surface area contributed by atoms with Crippen molar-refractivity contribution in [3.63, 3.8) is 0 Å². The van der Waals surface area contributed by atoms with Gasteiger partial charge in [-0.2, -0.15) is 5.26 Å². The van der Waals surface area contributed by atoms with Crippen molar-refractivity contribution in [1.29, 1.82) is 5.26 Å². The average Bonchev–Trinajstić information content (AvgIpc) is 2.51. The van der Waals surface area contributed by atoms with E-state index < -0.39 is 5.82 Å². The van der Waals surface area contributed by atoms with Crippen molar-refractivity contribution in [2.24, 2.45) is 0 Å². The van der Waals surface area contributed by atoms with E-state index in [2.05, 4.69) is 9.97 Å². The van der Waals surface area contributed by atoms with Crippen LogP contribution in [-0.2, 0) is 6.42 Å². The number of aromatic nitrogens is 2. The molecule has 0 aliphatic rings. The van der Waals surface area contributed by atoms with Crippen molar-refractivity contribution in [1.82, 2.24) is 9.97 Å². The predicted molar refractivity (Wildman–Crippen MR) is 50.4 cm³/mol. The summed E-state index contributed by atoms with van der Waals surface area (Å²) < 4.78 is 13.3. The molecule has 70 valence electrons. The largest absolute Gasteiger partial charge is 0.329 e. The lowest BCUT2D eigenvalue weighted by molar-refractivity contribution is 0.617. The monoisotopic (exact) mass is 209 g/mol. The Labute approximate surface area is 84.1 Å². The van der Waals surface area contributed by atoms with Crippen molar-refractivity contribution in [2.75, 3.05) is 0 Å². The number of benzene rings is 1. The molecule has 0 bridgehead atoms. The van der Waals surface area contributed by atoms with E-state index in [1.165, 1.54) is 6.07 Å². The molecule has 0 unspecified atom stereocenters. The third-order valence-corrected chi connectivity index (χ3v) is 2.11. The number of halogens is 2. The number of rotatable bonds is 1. The number of nitrogens with zero attached hydrogens (tertiary/aromatic N) is 2. The standard InChI is InChI=1S/C9H5ClFN3/c10-9-13-7-2-1-6(11)5(3-4-12)8(7)14-9/h1-2H,3H2,(H,13,14). The summed E-state index contributed by atoms with van der Waals surface area (Å²) in [4.78, 5) is 6.67. The molecule has 0 fully saturated rings.